The molecule has 0 aliphatic heterocycles. The molecule has 2 heterocycles. The zero-order valence-electron chi connectivity index (χ0n) is 11.1. The van der Waals surface area contributed by atoms with Gasteiger partial charge in [-0.3, -0.25) is 4.79 Å². The summed E-state index contributed by atoms with van der Waals surface area (Å²) >= 11 is 3.37. The number of aromatic nitrogens is 1. The Morgan fingerprint density at radius 2 is 2.25 bits per heavy atom. The van der Waals surface area contributed by atoms with Gasteiger partial charge in [-0.2, -0.15) is 0 Å². The summed E-state index contributed by atoms with van der Waals surface area (Å²) in [6, 6.07) is 5.92. The molecule has 0 atom stereocenters. The van der Waals surface area contributed by atoms with Crippen molar-refractivity contribution in [1.82, 2.24) is 9.88 Å². The van der Waals surface area contributed by atoms with E-state index >= 15 is 0 Å². The van der Waals surface area contributed by atoms with Crippen molar-refractivity contribution < 1.29 is 9.21 Å². The third-order valence-corrected chi connectivity index (χ3v) is 4.27. The molecule has 0 unspecified atom stereocenters. The number of halogens is 1. The van der Waals surface area contributed by atoms with Crippen molar-refractivity contribution in [2.75, 3.05) is 0 Å². The Kier molecular flexibility index (Phi) is 3.96. The van der Waals surface area contributed by atoms with Crippen LogP contribution in [0.15, 0.2) is 39.5 Å². The zero-order valence-corrected chi connectivity index (χ0v) is 12.7. The standard InChI is InChI=1S/C15H17BrN2O2/c16-11-8-14(17-9-11)15(19)18(12-4-1-2-5-12)10-13-6-3-7-20-13/h3,6-9,12,17H,1-2,4-5,10H2. The minimum Gasteiger partial charge on any atom is -0.467 e. The highest BCUT2D eigenvalue weighted by Gasteiger charge is 2.28. The molecule has 0 aromatic carbocycles. The van der Waals surface area contributed by atoms with Crippen LogP contribution in [0.5, 0.6) is 0 Å². The molecule has 20 heavy (non-hydrogen) atoms. The van der Waals surface area contributed by atoms with Crippen molar-refractivity contribution >= 4 is 21.8 Å². The number of aromatic amines is 1. The van der Waals surface area contributed by atoms with Crippen LogP contribution < -0.4 is 0 Å². The average molecular weight is 337 g/mol. The Labute approximate surface area is 126 Å². The molecule has 1 N–H and O–H groups in total. The van der Waals surface area contributed by atoms with E-state index in [4.69, 9.17) is 4.42 Å². The number of carbonyl (C=O) groups is 1. The SMILES string of the molecule is O=C(c1cc(Br)c[nH]1)N(Cc1ccco1)C1CCCC1. The van der Waals surface area contributed by atoms with Gasteiger partial charge in [-0.15, -0.1) is 0 Å². The van der Waals surface area contributed by atoms with Crippen LogP contribution in [0, 0.1) is 0 Å². The minimum absolute atomic E-state index is 0.0407. The molecule has 1 amide bonds. The van der Waals surface area contributed by atoms with Gasteiger partial charge in [-0.1, -0.05) is 12.8 Å². The predicted octanol–water partition coefficient (Wildman–Crippen LogP) is 3.96. The second-order valence-electron chi connectivity index (χ2n) is 5.18. The molecule has 106 valence electrons. The summed E-state index contributed by atoms with van der Waals surface area (Å²) in [6.07, 6.45) is 7.98. The average Bonchev–Trinajstić information content (AvgIpc) is 3.17. The Balaban J connectivity index is 1.82. The lowest BCUT2D eigenvalue weighted by Crippen LogP contribution is -2.38. The van der Waals surface area contributed by atoms with E-state index in [0.29, 0.717) is 18.3 Å². The van der Waals surface area contributed by atoms with Crippen molar-refractivity contribution in [3.63, 3.8) is 0 Å². The Hall–Kier alpha value is -1.49. The summed E-state index contributed by atoms with van der Waals surface area (Å²) in [6.45, 7) is 0.535. The number of rotatable bonds is 4. The van der Waals surface area contributed by atoms with Gasteiger partial charge in [-0.25, -0.2) is 0 Å². The van der Waals surface area contributed by atoms with Gasteiger partial charge in [0.2, 0.25) is 0 Å². The van der Waals surface area contributed by atoms with E-state index in [0.717, 1.165) is 23.1 Å². The number of furan rings is 1. The molecular formula is C15H17BrN2O2. The van der Waals surface area contributed by atoms with Crippen molar-refractivity contribution in [2.24, 2.45) is 0 Å². The van der Waals surface area contributed by atoms with E-state index in [1.165, 1.54) is 12.8 Å². The van der Waals surface area contributed by atoms with Gasteiger partial charge in [0.1, 0.15) is 11.5 Å². The second-order valence-corrected chi connectivity index (χ2v) is 6.10. The largest absolute Gasteiger partial charge is 0.467 e. The number of hydrogen-bond acceptors (Lipinski definition) is 2. The molecule has 5 heteroatoms. The molecule has 2 aromatic rings. The van der Waals surface area contributed by atoms with Crippen molar-refractivity contribution in [1.29, 1.82) is 0 Å². The number of nitrogens with one attached hydrogen (secondary N) is 1. The van der Waals surface area contributed by atoms with Crippen molar-refractivity contribution in [3.05, 3.63) is 46.6 Å². The van der Waals surface area contributed by atoms with Crippen LogP contribution in [0.25, 0.3) is 0 Å². The lowest BCUT2D eigenvalue weighted by atomic mass is 10.2. The summed E-state index contributed by atoms with van der Waals surface area (Å²) in [5.74, 6) is 0.870. The number of hydrogen-bond donors (Lipinski definition) is 1. The van der Waals surface area contributed by atoms with E-state index in [9.17, 15) is 4.79 Å². The molecule has 0 bridgehead atoms. The normalized spacial score (nSPS) is 15.7. The van der Waals surface area contributed by atoms with Gasteiger partial charge in [0.15, 0.2) is 0 Å². The molecule has 0 radical (unpaired) electrons. The lowest BCUT2D eigenvalue weighted by Gasteiger charge is -2.27. The van der Waals surface area contributed by atoms with Crippen LogP contribution >= 0.6 is 15.9 Å². The van der Waals surface area contributed by atoms with Crippen molar-refractivity contribution in [2.45, 2.75) is 38.3 Å². The predicted molar refractivity (Wildman–Crippen MR) is 79.3 cm³/mol. The fourth-order valence-electron chi connectivity index (χ4n) is 2.80. The Morgan fingerprint density at radius 3 is 2.85 bits per heavy atom. The first-order valence-electron chi connectivity index (χ1n) is 6.91. The fraction of sp³-hybridized carbons (Fsp3) is 0.400. The van der Waals surface area contributed by atoms with E-state index in [-0.39, 0.29) is 5.91 Å². The summed E-state index contributed by atoms with van der Waals surface area (Å²) in [4.78, 5) is 17.7. The summed E-state index contributed by atoms with van der Waals surface area (Å²) < 4.78 is 6.30. The highest BCUT2D eigenvalue weighted by atomic mass is 79.9. The van der Waals surface area contributed by atoms with E-state index in [1.807, 2.05) is 23.1 Å². The molecule has 0 saturated heterocycles. The highest BCUT2D eigenvalue weighted by Crippen LogP contribution is 2.27. The maximum atomic E-state index is 12.7. The molecule has 1 aliphatic rings. The quantitative estimate of drug-likeness (QED) is 0.918. The topological polar surface area (TPSA) is 49.2 Å². The second kappa shape index (κ2) is 5.87. The van der Waals surface area contributed by atoms with Crippen LogP contribution in [-0.2, 0) is 6.54 Å². The van der Waals surface area contributed by atoms with Crippen LogP contribution in [0.1, 0.15) is 41.9 Å². The summed E-state index contributed by atoms with van der Waals surface area (Å²) in [5, 5.41) is 0. The maximum absolute atomic E-state index is 12.7. The molecule has 1 fully saturated rings. The number of carbonyl (C=O) groups excluding carboxylic acids is 1. The Bertz CT molecular complexity index is 570. The number of amides is 1. The van der Waals surface area contributed by atoms with Crippen molar-refractivity contribution in [3.8, 4) is 0 Å². The summed E-state index contributed by atoms with van der Waals surface area (Å²) in [7, 11) is 0. The zero-order chi connectivity index (χ0) is 13.9. The smallest absolute Gasteiger partial charge is 0.270 e. The molecule has 1 saturated carbocycles. The Morgan fingerprint density at radius 1 is 1.45 bits per heavy atom. The first-order chi connectivity index (χ1) is 9.74. The number of nitrogens with zero attached hydrogens (tertiary/aromatic N) is 1. The fourth-order valence-corrected chi connectivity index (χ4v) is 3.14. The van der Waals surface area contributed by atoms with Gasteiger partial charge < -0.3 is 14.3 Å². The molecule has 3 rings (SSSR count). The van der Waals surface area contributed by atoms with Gasteiger partial charge in [0.05, 0.1) is 12.8 Å². The first kappa shape index (κ1) is 13.5. The monoisotopic (exact) mass is 336 g/mol. The van der Waals surface area contributed by atoms with Crippen LogP contribution in [0.3, 0.4) is 0 Å². The maximum Gasteiger partial charge on any atom is 0.270 e. The first-order valence-corrected chi connectivity index (χ1v) is 7.70. The van der Waals surface area contributed by atoms with Gasteiger partial charge in [0.25, 0.3) is 5.91 Å². The molecule has 4 nitrogen and oxygen atoms in total. The molecule has 0 spiro atoms. The van der Waals surface area contributed by atoms with Gasteiger partial charge in [0, 0.05) is 16.7 Å². The van der Waals surface area contributed by atoms with E-state index in [2.05, 4.69) is 20.9 Å². The lowest BCUT2D eigenvalue weighted by molar-refractivity contribution is 0.0643. The minimum atomic E-state index is 0.0407. The van der Waals surface area contributed by atoms with Crippen LogP contribution in [0.4, 0.5) is 0 Å². The molecular weight excluding hydrogens is 320 g/mol. The highest BCUT2D eigenvalue weighted by molar-refractivity contribution is 9.10. The van der Waals surface area contributed by atoms with Crippen LogP contribution in [-0.4, -0.2) is 21.8 Å². The van der Waals surface area contributed by atoms with E-state index in [1.54, 1.807) is 12.5 Å². The molecule has 2 aromatic heterocycles. The van der Waals surface area contributed by atoms with Crippen LogP contribution in [0.2, 0.25) is 0 Å². The summed E-state index contributed by atoms with van der Waals surface area (Å²) in [5.41, 5.74) is 0.621. The number of H-pyrrole nitrogens is 1. The van der Waals surface area contributed by atoms with E-state index < -0.39 is 0 Å². The van der Waals surface area contributed by atoms with Gasteiger partial charge >= 0.3 is 0 Å². The third kappa shape index (κ3) is 2.82. The molecule has 1 aliphatic carbocycles. The third-order valence-electron chi connectivity index (χ3n) is 3.81. The van der Waals surface area contributed by atoms with Gasteiger partial charge in [-0.05, 0) is 47.0 Å².